The van der Waals surface area contributed by atoms with Gasteiger partial charge in [0.25, 0.3) is 0 Å². The molecule has 0 fully saturated rings. The first-order chi connectivity index (χ1) is 6.29. The molecule has 1 aromatic carbocycles. The number of carbonyl (C=O) groups is 1. The summed E-state index contributed by atoms with van der Waals surface area (Å²) in [5, 5.41) is 9.26. The molecule has 0 saturated heterocycles. The number of aldehydes is 1. The Labute approximate surface area is 81.1 Å². The Morgan fingerprint density at radius 2 is 2.31 bits per heavy atom. The number of carbonyl (C=O) groups excluding carboxylic acids is 1. The highest BCUT2D eigenvalue weighted by atomic mass is 35.5. The molecule has 0 amide bonds. The van der Waals surface area contributed by atoms with Crippen LogP contribution in [0.3, 0.4) is 0 Å². The molecular weight excluding hydrogens is 188 g/mol. The zero-order valence-corrected chi connectivity index (χ0v) is 7.51. The lowest BCUT2D eigenvalue weighted by Gasteiger charge is -1.98. The van der Waals surface area contributed by atoms with E-state index in [9.17, 15) is 9.90 Å². The molecule has 0 bridgehead atoms. The average Bonchev–Trinajstić information content (AvgIpc) is 2.15. The Balaban J connectivity index is 3.20. The molecule has 0 atom stereocenters. The molecule has 0 unspecified atom stereocenters. The molecule has 0 aromatic heterocycles. The lowest BCUT2D eigenvalue weighted by atomic mass is 10.1. The molecule has 1 N–H and O–H groups in total. The SMILES string of the molecule is O=Cc1c(O)cccc1C#CCCl. The van der Waals surface area contributed by atoms with Crippen molar-refractivity contribution in [2.75, 3.05) is 5.88 Å². The van der Waals surface area contributed by atoms with Gasteiger partial charge in [0.05, 0.1) is 11.4 Å². The molecule has 0 spiro atoms. The lowest BCUT2D eigenvalue weighted by molar-refractivity contribution is 0.112. The summed E-state index contributed by atoms with van der Waals surface area (Å²) in [5.41, 5.74) is 0.704. The second kappa shape index (κ2) is 4.54. The van der Waals surface area contributed by atoms with E-state index in [-0.39, 0.29) is 17.2 Å². The molecule has 0 aliphatic rings. The van der Waals surface area contributed by atoms with Crippen molar-refractivity contribution >= 4 is 17.9 Å². The lowest BCUT2D eigenvalue weighted by Crippen LogP contribution is -1.87. The zero-order valence-electron chi connectivity index (χ0n) is 6.75. The van der Waals surface area contributed by atoms with Gasteiger partial charge in [-0.1, -0.05) is 17.9 Å². The van der Waals surface area contributed by atoms with Gasteiger partial charge in [-0.05, 0) is 12.1 Å². The van der Waals surface area contributed by atoms with Crippen molar-refractivity contribution < 1.29 is 9.90 Å². The smallest absolute Gasteiger partial charge is 0.155 e. The van der Waals surface area contributed by atoms with Crippen LogP contribution in [0.25, 0.3) is 0 Å². The quantitative estimate of drug-likeness (QED) is 0.421. The van der Waals surface area contributed by atoms with Gasteiger partial charge in [-0.3, -0.25) is 4.79 Å². The van der Waals surface area contributed by atoms with Gasteiger partial charge in [0, 0.05) is 5.56 Å². The molecular formula is C10H7ClO2. The highest BCUT2D eigenvalue weighted by molar-refractivity contribution is 6.19. The van der Waals surface area contributed by atoms with Crippen molar-refractivity contribution in [3.63, 3.8) is 0 Å². The number of phenolic OH excluding ortho intramolecular Hbond substituents is 1. The molecule has 3 heteroatoms. The maximum atomic E-state index is 10.6. The summed E-state index contributed by atoms with van der Waals surface area (Å²) in [6.07, 6.45) is 0.577. The third-order valence-corrected chi connectivity index (χ3v) is 1.62. The Morgan fingerprint density at radius 3 is 2.92 bits per heavy atom. The first-order valence-electron chi connectivity index (χ1n) is 3.61. The van der Waals surface area contributed by atoms with Crippen molar-refractivity contribution in [2.45, 2.75) is 0 Å². The maximum Gasteiger partial charge on any atom is 0.155 e. The maximum absolute atomic E-state index is 10.6. The van der Waals surface area contributed by atoms with Crippen LogP contribution < -0.4 is 0 Å². The van der Waals surface area contributed by atoms with E-state index in [2.05, 4.69) is 11.8 Å². The molecule has 66 valence electrons. The van der Waals surface area contributed by atoms with Crippen molar-refractivity contribution in [1.82, 2.24) is 0 Å². The van der Waals surface area contributed by atoms with E-state index in [1.807, 2.05) is 0 Å². The Morgan fingerprint density at radius 1 is 1.54 bits per heavy atom. The second-order valence-corrected chi connectivity index (χ2v) is 2.56. The number of halogens is 1. The van der Waals surface area contributed by atoms with Gasteiger partial charge >= 0.3 is 0 Å². The molecule has 0 saturated carbocycles. The van der Waals surface area contributed by atoms with Gasteiger partial charge in [0.2, 0.25) is 0 Å². The van der Waals surface area contributed by atoms with Crippen LogP contribution in [0, 0.1) is 11.8 Å². The summed E-state index contributed by atoms with van der Waals surface area (Å²) in [4.78, 5) is 10.6. The Bertz CT molecular complexity index is 374. The summed E-state index contributed by atoms with van der Waals surface area (Å²) >= 11 is 5.36. The molecule has 0 aliphatic carbocycles. The van der Waals surface area contributed by atoms with E-state index >= 15 is 0 Å². The summed E-state index contributed by atoms with van der Waals surface area (Å²) in [5.74, 6) is 5.44. The summed E-state index contributed by atoms with van der Waals surface area (Å²) in [6, 6.07) is 4.72. The van der Waals surface area contributed by atoms with Crippen LogP contribution in [0.4, 0.5) is 0 Å². The third-order valence-electron chi connectivity index (χ3n) is 1.49. The molecule has 13 heavy (non-hydrogen) atoms. The fraction of sp³-hybridized carbons (Fsp3) is 0.100. The minimum atomic E-state index is -0.0589. The molecule has 1 aromatic rings. The summed E-state index contributed by atoms with van der Waals surface area (Å²) in [7, 11) is 0. The molecule has 0 heterocycles. The van der Waals surface area contributed by atoms with Crippen molar-refractivity contribution in [1.29, 1.82) is 0 Å². The number of alkyl halides is 1. The number of phenols is 1. The van der Waals surface area contributed by atoms with Crippen molar-refractivity contribution in [2.24, 2.45) is 0 Å². The van der Waals surface area contributed by atoms with Crippen LogP contribution in [0.5, 0.6) is 5.75 Å². The number of hydrogen-bond acceptors (Lipinski definition) is 2. The van der Waals surface area contributed by atoms with Gasteiger partial charge in [-0.25, -0.2) is 0 Å². The van der Waals surface area contributed by atoms with Gasteiger partial charge in [-0.15, -0.1) is 11.6 Å². The molecule has 0 aliphatic heterocycles. The van der Waals surface area contributed by atoms with Gasteiger partial charge in [0.15, 0.2) is 6.29 Å². The number of benzene rings is 1. The predicted molar refractivity (Wildman–Crippen MR) is 51.1 cm³/mol. The predicted octanol–water partition coefficient (Wildman–Crippen LogP) is 1.79. The fourth-order valence-corrected chi connectivity index (χ4v) is 0.981. The molecule has 0 radical (unpaired) electrons. The van der Waals surface area contributed by atoms with Gasteiger partial charge in [0.1, 0.15) is 5.75 Å². The largest absolute Gasteiger partial charge is 0.507 e. The van der Waals surface area contributed by atoms with E-state index in [0.717, 1.165) is 0 Å². The molecule has 2 nitrogen and oxygen atoms in total. The Kier molecular flexibility index (Phi) is 3.36. The topological polar surface area (TPSA) is 37.3 Å². The van der Waals surface area contributed by atoms with E-state index in [0.29, 0.717) is 11.8 Å². The van der Waals surface area contributed by atoms with Crippen LogP contribution in [0.2, 0.25) is 0 Å². The molecule has 1 rings (SSSR count). The minimum absolute atomic E-state index is 0.0589. The standard InChI is InChI=1S/C10H7ClO2/c11-6-2-4-8-3-1-5-10(13)9(8)7-12/h1,3,5,7,13H,6H2. The third kappa shape index (κ3) is 2.24. The van der Waals surface area contributed by atoms with Crippen LogP contribution in [-0.4, -0.2) is 17.3 Å². The van der Waals surface area contributed by atoms with E-state index in [4.69, 9.17) is 11.6 Å². The first-order valence-corrected chi connectivity index (χ1v) is 4.15. The van der Waals surface area contributed by atoms with E-state index in [1.54, 1.807) is 12.1 Å². The summed E-state index contributed by atoms with van der Waals surface area (Å²) < 4.78 is 0. The van der Waals surface area contributed by atoms with Crippen LogP contribution in [-0.2, 0) is 0 Å². The number of hydrogen-bond donors (Lipinski definition) is 1. The number of aromatic hydroxyl groups is 1. The first kappa shape index (κ1) is 9.63. The van der Waals surface area contributed by atoms with Crippen LogP contribution in [0.15, 0.2) is 18.2 Å². The number of rotatable bonds is 1. The monoisotopic (exact) mass is 194 g/mol. The highest BCUT2D eigenvalue weighted by Crippen LogP contribution is 2.17. The summed E-state index contributed by atoms with van der Waals surface area (Å²) in [6.45, 7) is 0. The zero-order chi connectivity index (χ0) is 9.68. The van der Waals surface area contributed by atoms with E-state index < -0.39 is 0 Å². The average molecular weight is 195 g/mol. The van der Waals surface area contributed by atoms with Crippen LogP contribution in [0.1, 0.15) is 15.9 Å². The van der Waals surface area contributed by atoms with Crippen molar-refractivity contribution in [3.05, 3.63) is 29.3 Å². The highest BCUT2D eigenvalue weighted by Gasteiger charge is 2.03. The Hall–Kier alpha value is -1.46. The van der Waals surface area contributed by atoms with Gasteiger partial charge in [-0.2, -0.15) is 0 Å². The van der Waals surface area contributed by atoms with Gasteiger partial charge < -0.3 is 5.11 Å². The minimum Gasteiger partial charge on any atom is -0.507 e. The van der Waals surface area contributed by atoms with Crippen LogP contribution >= 0.6 is 11.6 Å². The fourth-order valence-electron chi connectivity index (χ4n) is 0.915. The second-order valence-electron chi connectivity index (χ2n) is 2.29. The van der Waals surface area contributed by atoms with Crippen molar-refractivity contribution in [3.8, 4) is 17.6 Å². The van der Waals surface area contributed by atoms with E-state index in [1.165, 1.54) is 6.07 Å². The normalized spacial score (nSPS) is 8.69.